The number of nitrogens with one attached hydrogen (secondary N) is 2. The van der Waals surface area contributed by atoms with Crippen LogP contribution in [0.5, 0.6) is 0 Å². The van der Waals surface area contributed by atoms with Gasteiger partial charge in [-0.3, -0.25) is 4.79 Å². The van der Waals surface area contributed by atoms with E-state index in [9.17, 15) is 9.90 Å². The maximum atomic E-state index is 11.8. The number of hydrogen-bond acceptors (Lipinski definition) is 3. The van der Waals surface area contributed by atoms with Crippen molar-refractivity contribution >= 4 is 11.6 Å². The van der Waals surface area contributed by atoms with Gasteiger partial charge in [0.15, 0.2) is 0 Å². The van der Waals surface area contributed by atoms with Crippen molar-refractivity contribution in [3.05, 3.63) is 29.8 Å². The number of anilines is 1. The van der Waals surface area contributed by atoms with Gasteiger partial charge in [0.25, 0.3) is 0 Å². The van der Waals surface area contributed by atoms with Crippen molar-refractivity contribution in [3.63, 3.8) is 0 Å². The lowest BCUT2D eigenvalue weighted by Gasteiger charge is -2.20. The quantitative estimate of drug-likeness (QED) is 0.732. The minimum atomic E-state index is -0.881. The van der Waals surface area contributed by atoms with E-state index in [0.29, 0.717) is 13.0 Å². The minimum Gasteiger partial charge on any atom is -0.388 e. The summed E-state index contributed by atoms with van der Waals surface area (Å²) in [6.45, 7) is 3.24. The van der Waals surface area contributed by atoms with Gasteiger partial charge < -0.3 is 15.7 Å². The molecule has 17 heavy (non-hydrogen) atoms. The van der Waals surface area contributed by atoms with Gasteiger partial charge in [0.05, 0.1) is 12.0 Å². The fourth-order valence-corrected chi connectivity index (χ4v) is 2.11. The summed E-state index contributed by atoms with van der Waals surface area (Å²) in [5, 5.41) is 15.9. The Bertz CT molecular complexity index is 412. The number of rotatable bonds is 3. The van der Waals surface area contributed by atoms with E-state index in [0.717, 1.165) is 17.8 Å². The number of amides is 1. The van der Waals surface area contributed by atoms with Crippen molar-refractivity contribution in [3.8, 4) is 0 Å². The SMILES string of the molecule is Cc1cccc(NC(=O)CC2(O)CCNC2)c1. The van der Waals surface area contributed by atoms with Gasteiger partial charge in [0.2, 0.25) is 5.91 Å². The number of carbonyl (C=O) groups is 1. The molecular weight excluding hydrogens is 216 g/mol. The van der Waals surface area contributed by atoms with Crippen LogP contribution in [0, 0.1) is 6.92 Å². The molecule has 4 heteroatoms. The van der Waals surface area contributed by atoms with E-state index in [1.807, 2.05) is 31.2 Å². The fraction of sp³-hybridized carbons (Fsp3) is 0.462. The minimum absolute atomic E-state index is 0.137. The molecule has 0 saturated carbocycles. The molecule has 1 aliphatic rings. The average Bonchev–Trinajstić information content (AvgIpc) is 2.64. The highest BCUT2D eigenvalue weighted by Crippen LogP contribution is 2.19. The molecule has 1 fully saturated rings. The summed E-state index contributed by atoms with van der Waals surface area (Å²) in [4.78, 5) is 11.8. The summed E-state index contributed by atoms with van der Waals surface area (Å²) in [5.41, 5.74) is 1.00. The Labute approximate surface area is 101 Å². The first kappa shape index (κ1) is 12.1. The van der Waals surface area contributed by atoms with E-state index in [4.69, 9.17) is 0 Å². The third kappa shape index (κ3) is 3.28. The van der Waals surface area contributed by atoms with Gasteiger partial charge >= 0.3 is 0 Å². The molecule has 0 radical (unpaired) electrons. The molecule has 1 heterocycles. The molecular formula is C13H18N2O2. The smallest absolute Gasteiger partial charge is 0.227 e. The highest BCUT2D eigenvalue weighted by molar-refractivity contribution is 5.91. The van der Waals surface area contributed by atoms with E-state index in [1.165, 1.54) is 0 Å². The monoisotopic (exact) mass is 234 g/mol. The molecule has 92 valence electrons. The molecule has 0 aliphatic carbocycles. The predicted octanol–water partition coefficient (Wildman–Crippen LogP) is 1.05. The van der Waals surface area contributed by atoms with Crippen LogP contribution in [0.2, 0.25) is 0 Å². The fourth-order valence-electron chi connectivity index (χ4n) is 2.11. The van der Waals surface area contributed by atoms with Gasteiger partial charge in [-0.25, -0.2) is 0 Å². The summed E-state index contributed by atoms with van der Waals surface area (Å²) in [7, 11) is 0. The Morgan fingerprint density at radius 2 is 2.41 bits per heavy atom. The Balaban J connectivity index is 1.93. The molecule has 0 aromatic heterocycles. The zero-order valence-corrected chi connectivity index (χ0v) is 9.99. The first-order valence-electron chi connectivity index (χ1n) is 5.87. The summed E-state index contributed by atoms with van der Waals surface area (Å²) in [5.74, 6) is -0.137. The first-order valence-corrected chi connectivity index (χ1v) is 5.87. The summed E-state index contributed by atoms with van der Waals surface area (Å²) in [6, 6.07) is 7.64. The largest absolute Gasteiger partial charge is 0.388 e. The van der Waals surface area contributed by atoms with Crippen molar-refractivity contribution in [1.82, 2.24) is 5.32 Å². The molecule has 1 aromatic carbocycles. The maximum absolute atomic E-state index is 11.8. The standard InChI is InChI=1S/C13H18N2O2/c1-10-3-2-4-11(7-10)15-12(16)8-13(17)5-6-14-9-13/h2-4,7,14,17H,5-6,8-9H2,1H3,(H,15,16). The van der Waals surface area contributed by atoms with Crippen LogP contribution in [0.25, 0.3) is 0 Å². The van der Waals surface area contributed by atoms with Crippen molar-refractivity contribution in [1.29, 1.82) is 0 Å². The second kappa shape index (κ2) is 4.85. The summed E-state index contributed by atoms with van der Waals surface area (Å²) < 4.78 is 0. The lowest BCUT2D eigenvalue weighted by molar-refractivity contribution is -0.120. The molecule has 1 amide bonds. The van der Waals surface area contributed by atoms with Gasteiger partial charge in [-0.2, -0.15) is 0 Å². The van der Waals surface area contributed by atoms with Crippen molar-refractivity contribution in [2.75, 3.05) is 18.4 Å². The number of aryl methyl sites for hydroxylation is 1. The molecule has 3 N–H and O–H groups in total. The van der Waals surface area contributed by atoms with Gasteiger partial charge in [0.1, 0.15) is 0 Å². The summed E-state index contributed by atoms with van der Waals surface area (Å²) >= 11 is 0. The Morgan fingerprint density at radius 1 is 1.59 bits per heavy atom. The Morgan fingerprint density at radius 3 is 3.06 bits per heavy atom. The first-order chi connectivity index (χ1) is 8.07. The lowest BCUT2D eigenvalue weighted by atomic mass is 9.98. The molecule has 4 nitrogen and oxygen atoms in total. The number of hydrogen-bond donors (Lipinski definition) is 3. The van der Waals surface area contributed by atoms with Crippen LogP contribution < -0.4 is 10.6 Å². The van der Waals surface area contributed by atoms with Crippen LogP contribution in [0.4, 0.5) is 5.69 Å². The van der Waals surface area contributed by atoms with Crippen LogP contribution in [0.1, 0.15) is 18.4 Å². The topological polar surface area (TPSA) is 61.4 Å². The Kier molecular flexibility index (Phi) is 3.45. The zero-order valence-electron chi connectivity index (χ0n) is 9.99. The molecule has 1 aromatic rings. The molecule has 1 aliphatic heterocycles. The number of carbonyl (C=O) groups excluding carboxylic acids is 1. The van der Waals surface area contributed by atoms with Crippen molar-refractivity contribution < 1.29 is 9.90 Å². The number of benzene rings is 1. The van der Waals surface area contributed by atoms with Crippen LogP contribution >= 0.6 is 0 Å². The maximum Gasteiger partial charge on any atom is 0.227 e. The second-order valence-corrected chi connectivity index (χ2v) is 4.75. The predicted molar refractivity (Wildman–Crippen MR) is 66.9 cm³/mol. The van der Waals surface area contributed by atoms with Crippen LogP contribution in [0.3, 0.4) is 0 Å². The van der Waals surface area contributed by atoms with Crippen LogP contribution in [-0.2, 0) is 4.79 Å². The molecule has 0 spiro atoms. The normalized spacial score (nSPS) is 23.6. The average molecular weight is 234 g/mol. The second-order valence-electron chi connectivity index (χ2n) is 4.75. The van der Waals surface area contributed by atoms with E-state index in [-0.39, 0.29) is 12.3 Å². The van der Waals surface area contributed by atoms with E-state index < -0.39 is 5.60 Å². The van der Waals surface area contributed by atoms with Gasteiger partial charge in [-0.1, -0.05) is 12.1 Å². The highest BCUT2D eigenvalue weighted by atomic mass is 16.3. The van der Waals surface area contributed by atoms with E-state index in [1.54, 1.807) is 0 Å². The van der Waals surface area contributed by atoms with Crippen molar-refractivity contribution in [2.24, 2.45) is 0 Å². The molecule has 1 saturated heterocycles. The molecule has 2 rings (SSSR count). The van der Waals surface area contributed by atoms with Crippen molar-refractivity contribution in [2.45, 2.75) is 25.4 Å². The molecule has 0 bridgehead atoms. The number of aliphatic hydroxyl groups is 1. The van der Waals surface area contributed by atoms with Crippen LogP contribution in [-0.4, -0.2) is 29.7 Å². The number of β-amino-alcohol motifs (C(OH)–C–C–N with tert-alkyl or cyclic N) is 1. The van der Waals surface area contributed by atoms with Gasteiger partial charge in [-0.15, -0.1) is 0 Å². The third-order valence-electron chi connectivity index (χ3n) is 3.01. The van der Waals surface area contributed by atoms with Gasteiger partial charge in [-0.05, 0) is 37.6 Å². The molecule has 1 atom stereocenters. The highest BCUT2D eigenvalue weighted by Gasteiger charge is 2.33. The van der Waals surface area contributed by atoms with E-state index >= 15 is 0 Å². The van der Waals surface area contributed by atoms with Crippen LogP contribution in [0.15, 0.2) is 24.3 Å². The van der Waals surface area contributed by atoms with E-state index in [2.05, 4.69) is 10.6 Å². The third-order valence-corrected chi connectivity index (χ3v) is 3.01. The Hall–Kier alpha value is -1.39. The zero-order chi connectivity index (χ0) is 12.3. The van der Waals surface area contributed by atoms with Gasteiger partial charge in [0, 0.05) is 12.2 Å². The summed E-state index contributed by atoms with van der Waals surface area (Å²) in [6.07, 6.45) is 0.780. The molecule has 1 unspecified atom stereocenters. The lowest BCUT2D eigenvalue weighted by Crippen LogP contribution is -2.35.